The first-order valence-corrected chi connectivity index (χ1v) is 7.47. The van der Waals surface area contributed by atoms with Crippen LogP contribution < -0.4 is 5.32 Å². The number of hydrogen-bond donors (Lipinski definition) is 1. The Bertz CT molecular complexity index is 400. The van der Waals surface area contributed by atoms with Crippen LogP contribution in [0.15, 0.2) is 24.3 Å². The smallest absolute Gasteiger partial charge is 0.0462 e. The second-order valence-electron chi connectivity index (χ2n) is 6.22. The van der Waals surface area contributed by atoms with E-state index in [0.29, 0.717) is 11.5 Å². The van der Waals surface area contributed by atoms with Crippen LogP contribution in [0.5, 0.6) is 0 Å². The number of nitrogens with one attached hydrogen (secondary N) is 1. The topological polar surface area (TPSA) is 21.3 Å². The molecule has 0 spiro atoms. The number of ether oxygens (including phenoxy) is 1. The molecule has 106 valence electrons. The third-order valence-corrected chi connectivity index (χ3v) is 4.29. The summed E-state index contributed by atoms with van der Waals surface area (Å²) in [7, 11) is 1.77. The predicted octanol–water partition coefficient (Wildman–Crippen LogP) is 3.82. The van der Waals surface area contributed by atoms with E-state index in [9.17, 15) is 0 Å². The van der Waals surface area contributed by atoms with E-state index >= 15 is 0 Å². The Morgan fingerprint density at radius 1 is 1.26 bits per heavy atom. The fraction of sp³-hybridized carbons (Fsp3) is 0.647. The zero-order chi connectivity index (χ0) is 13.7. The Morgan fingerprint density at radius 2 is 2.05 bits per heavy atom. The van der Waals surface area contributed by atoms with Crippen molar-refractivity contribution in [3.8, 4) is 0 Å². The van der Waals surface area contributed by atoms with Gasteiger partial charge in [-0.3, -0.25) is 0 Å². The van der Waals surface area contributed by atoms with Crippen molar-refractivity contribution in [3.05, 3.63) is 35.4 Å². The highest BCUT2D eigenvalue weighted by Gasteiger charge is 2.31. The molecule has 2 nitrogen and oxygen atoms in total. The fourth-order valence-corrected chi connectivity index (χ4v) is 3.07. The van der Waals surface area contributed by atoms with Crippen LogP contribution in [0.2, 0.25) is 0 Å². The normalized spacial score (nSPS) is 21.1. The van der Waals surface area contributed by atoms with Gasteiger partial charge in [0.2, 0.25) is 0 Å². The summed E-state index contributed by atoms with van der Waals surface area (Å²) in [5.41, 5.74) is 3.35. The van der Waals surface area contributed by atoms with E-state index in [-0.39, 0.29) is 0 Å². The number of rotatable bonds is 6. The van der Waals surface area contributed by atoms with Gasteiger partial charge in [-0.15, -0.1) is 0 Å². The molecule has 0 bridgehead atoms. The first-order valence-electron chi connectivity index (χ1n) is 7.47. The van der Waals surface area contributed by atoms with E-state index in [1.54, 1.807) is 7.11 Å². The first-order chi connectivity index (χ1) is 9.15. The largest absolute Gasteiger partial charge is 0.385 e. The summed E-state index contributed by atoms with van der Waals surface area (Å²) in [5.74, 6) is 0. The van der Waals surface area contributed by atoms with Gasteiger partial charge in [0.25, 0.3) is 0 Å². The van der Waals surface area contributed by atoms with E-state index in [1.165, 1.54) is 30.4 Å². The van der Waals surface area contributed by atoms with Crippen molar-refractivity contribution in [1.82, 2.24) is 5.32 Å². The fourth-order valence-electron chi connectivity index (χ4n) is 3.07. The van der Waals surface area contributed by atoms with Crippen molar-refractivity contribution >= 4 is 0 Å². The van der Waals surface area contributed by atoms with Crippen molar-refractivity contribution in [2.45, 2.75) is 51.0 Å². The molecule has 1 aromatic rings. The molecule has 0 heterocycles. The Labute approximate surface area is 117 Å². The lowest BCUT2D eigenvalue weighted by Gasteiger charge is -2.37. The van der Waals surface area contributed by atoms with Crippen molar-refractivity contribution in [2.24, 2.45) is 0 Å². The molecule has 1 N–H and O–H groups in total. The van der Waals surface area contributed by atoms with Gasteiger partial charge in [0.1, 0.15) is 0 Å². The van der Waals surface area contributed by atoms with Gasteiger partial charge >= 0.3 is 0 Å². The molecule has 0 amide bonds. The van der Waals surface area contributed by atoms with Crippen LogP contribution in [-0.4, -0.2) is 20.3 Å². The van der Waals surface area contributed by atoms with Crippen LogP contribution in [0.4, 0.5) is 0 Å². The van der Waals surface area contributed by atoms with Gasteiger partial charge in [0.05, 0.1) is 0 Å². The molecule has 1 aliphatic rings. The Kier molecular flexibility index (Phi) is 5.00. The summed E-state index contributed by atoms with van der Waals surface area (Å²) in [6.07, 6.45) is 4.84. The highest BCUT2D eigenvalue weighted by atomic mass is 16.5. The van der Waals surface area contributed by atoms with E-state index < -0.39 is 0 Å². The molecule has 1 aromatic carbocycles. The molecule has 0 aromatic heterocycles. The minimum absolute atomic E-state index is 0.324. The monoisotopic (exact) mass is 261 g/mol. The van der Waals surface area contributed by atoms with Crippen LogP contribution in [0, 0.1) is 0 Å². The summed E-state index contributed by atoms with van der Waals surface area (Å²) in [6, 6.07) is 9.46. The molecule has 1 aliphatic carbocycles. The zero-order valence-electron chi connectivity index (χ0n) is 12.5. The molecule has 0 radical (unpaired) electrons. The molecule has 2 rings (SSSR count). The predicted molar refractivity (Wildman–Crippen MR) is 80.6 cm³/mol. The maximum absolute atomic E-state index is 5.09. The maximum Gasteiger partial charge on any atom is 0.0462 e. The highest BCUT2D eigenvalue weighted by Crippen LogP contribution is 2.41. The molecule has 0 aliphatic heterocycles. The Morgan fingerprint density at radius 3 is 2.84 bits per heavy atom. The van der Waals surface area contributed by atoms with Gasteiger partial charge in [0.15, 0.2) is 0 Å². The number of hydrogen-bond acceptors (Lipinski definition) is 2. The number of methoxy groups -OCH3 is 1. The second-order valence-corrected chi connectivity index (χ2v) is 6.22. The SMILES string of the molecule is COCCCCNC1CCC(C)(C)c2ccccc21. The average Bonchev–Trinajstić information content (AvgIpc) is 2.41. The summed E-state index contributed by atoms with van der Waals surface area (Å²) >= 11 is 0. The third kappa shape index (κ3) is 3.58. The molecule has 1 atom stereocenters. The van der Waals surface area contributed by atoms with Crippen molar-refractivity contribution in [2.75, 3.05) is 20.3 Å². The van der Waals surface area contributed by atoms with Crippen LogP contribution in [0.25, 0.3) is 0 Å². The maximum atomic E-state index is 5.09. The molecule has 1 unspecified atom stereocenters. The quantitative estimate of drug-likeness (QED) is 0.786. The lowest BCUT2D eigenvalue weighted by Crippen LogP contribution is -2.33. The summed E-state index contributed by atoms with van der Waals surface area (Å²) in [4.78, 5) is 0. The molecule has 0 fully saturated rings. The van der Waals surface area contributed by atoms with Crippen molar-refractivity contribution in [3.63, 3.8) is 0 Å². The Balaban J connectivity index is 1.96. The zero-order valence-corrected chi connectivity index (χ0v) is 12.5. The second kappa shape index (κ2) is 6.53. The van der Waals surface area contributed by atoms with Gasteiger partial charge < -0.3 is 10.1 Å². The molecule has 0 saturated carbocycles. The van der Waals surface area contributed by atoms with Gasteiger partial charge in [0, 0.05) is 19.8 Å². The Hall–Kier alpha value is -0.860. The van der Waals surface area contributed by atoms with Gasteiger partial charge in [-0.1, -0.05) is 38.1 Å². The van der Waals surface area contributed by atoms with E-state index in [1.807, 2.05) is 0 Å². The molecule has 2 heteroatoms. The van der Waals surface area contributed by atoms with Crippen LogP contribution in [0.1, 0.15) is 56.7 Å². The minimum Gasteiger partial charge on any atom is -0.385 e. The lowest BCUT2D eigenvalue weighted by molar-refractivity contribution is 0.192. The van der Waals surface area contributed by atoms with E-state index in [2.05, 4.69) is 43.4 Å². The van der Waals surface area contributed by atoms with Gasteiger partial charge in [-0.25, -0.2) is 0 Å². The molecular weight excluding hydrogens is 234 g/mol. The van der Waals surface area contributed by atoms with Crippen LogP contribution >= 0.6 is 0 Å². The lowest BCUT2D eigenvalue weighted by atomic mass is 9.71. The first kappa shape index (κ1) is 14.5. The molecule has 19 heavy (non-hydrogen) atoms. The minimum atomic E-state index is 0.324. The van der Waals surface area contributed by atoms with Crippen molar-refractivity contribution < 1.29 is 4.74 Å². The van der Waals surface area contributed by atoms with Crippen LogP contribution in [0.3, 0.4) is 0 Å². The summed E-state index contributed by atoms with van der Waals surface area (Å²) in [5, 5.41) is 3.72. The number of unbranched alkanes of at least 4 members (excludes halogenated alkanes) is 1. The van der Waals surface area contributed by atoms with E-state index in [0.717, 1.165) is 19.6 Å². The third-order valence-electron chi connectivity index (χ3n) is 4.29. The number of fused-ring (bicyclic) bond motifs is 1. The molecule has 0 saturated heterocycles. The standard InChI is InChI=1S/C17H27NO/c1-17(2)11-10-16(18-12-6-7-13-19-3)14-8-4-5-9-15(14)17/h4-5,8-9,16,18H,6-7,10-13H2,1-3H3. The van der Waals surface area contributed by atoms with Gasteiger partial charge in [-0.2, -0.15) is 0 Å². The van der Waals surface area contributed by atoms with E-state index in [4.69, 9.17) is 4.74 Å². The average molecular weight is 261 g/mol. The molecular formula is C17H27NO. The van der Waals surface area contributed by atoms with Crippen molar-refractivity contribution in [1.29, 1.82) is 0 Å². The van der Waals surface area contributed by atoms with Gasteiger partial charge in [-0.05, 0) is 48.8 Å². The number of benzene rings is 1. The summed E-state index contributed by atoms with van der Waals surface area (Å²) < 4.78 is 5.09. The highest BCUT2D eigenvalue weighted by molar-refractivity contribution is 5.38. The summed E-state index contributed by atoms with van der Waals surface area (Å²) in [6.45, 7) is 6.68. The van der Waals surface area contributed by atoms with Crippen LogP contribution in [-0.2, 0) is 10.2 Å².